The standard InChI is InChI=1S/C9H15NO/c1-3-5-10-6-4-9(11)7-8(10)2/h3,8H,1,4-7H2,2H3. The fourth-order valence-corrected chi connectivity index (χ4v) is 1.49. The third-order valence-corrected chi connectivity index (χ3v) is 2.19. The van der Waals surface area contributed by atoms with E-state index in [9.17, 15) is 4.79 Å². The Bertz CT molecular complexity index is 165. The van der Waals surface area contributed by atoms with Gasteiger partial charge in [0, 0.05) is 32.0 Å². The molecular formula is C9H15NO. The smallest absolute Gasteiger partial charge is 0.135 e. The minimum absolute atomic E-state index is 0.401. The minimum atomic E-state index is 0.401. The normalized spacial score (nSPS) is 27.0. The molecule has 62 valence electrons. The van der Waals surface area contributed by atoms with E-state index in [0.717, 1.165) is 19.5 Å². The molecule has 2 heteroatoms. The van der Waals surface area contributed by atoms with Crippen LogP contribution in [0.1, 0.15) is 19.8 Å². The molecule has 1 rings (SSSR count). The van der Waals surface area contributed by atoms with Crippen LogP contribution in [0.4, 0.5) is 0 Å². The van der Waals surface area contributed by atoms with Gasteiger partial charge >= 0.3 is 0 Å². The number of piperidine rings is 1. The van der Waals surface area contributed by atoms with Gasteiger partial charge in [-0.3, -0.25) is 9.69 Å². The molecule has 0 bridgehead atoms. The van der Waals surface area contributed by atoms with Gasteiger partial charge in [-0.25, -0.2) is 0 Å². The number of nitrogens with zero attached hydrogens (tertiary/aromatic N) is 1. The molecule has 2 nitrogen and oxygen atoms in total. The Kier molecular flexibility index (Phi) is 2.83. The second kappa shape index (κ2) is 3.67. The molecule has 11 heavy (non-hydrogen) atoms. The van der Waals surface area contributed by atoms with Crippen molar-refractivity contribution in [3.8, 4) is 0 Å². The molecule has 1 unspecified atom stereocenters. The molecule has 0 aromatic carbocycles. The quantitative estimate of drug-likeness (QED) is 0.556. The van der Waals surface area contributed by atoms with Gasteiger partial charge in [0.15, 0.2) is 0 Å². The van der Waals surface area contributed by atoms with Gasteiger partial charge in [0.1, 0.15) is 5.78 Å². The van der Waals surface area contributed by atoms with Crippen LogP contribution in [0.3, 0.4) is 0 Å². The summed E-state index contributed by atoms with van der Waals surface area (Å²) in [5.41, 5.74) is 0. The van der Waals surface area contributed by atoms with E-state index in [-0.39, 0.29) is 0 Å². The summed E-state index contributed by atoms with van der Waals surface area (Å²) in [4.78, 5) is 13.3. The van der Waals surface area contributed by atoms with Gasteiger partial charge in [0.2, 0.25) is 0 Å². The number of carbonyl (C=O) groups is 1. The van der Waals surface area contributed by atoms with Crippen molar-refractivity contribution < 1.29 is 4.79 Å². The van der Waals surface area contributed by atoms with E-state index in [1.165, 1.54) is 0 Å². The Hall–Kier alpha value is -0.630. The fourth-order valence-electron chi connectivity index (χ4n) is 1.49. The first-order valence-electron chi connectivity index (χ1n) is 4.10. The monoisotopic (exact) mass is 153 g/mol. The van der Waals surface area contributed by atoms with Gasteiger partial charge in [-0.1, -0.05) is 6.08 Å². The molecule has 0 aliphatic carbocycles. The minimum Gasteiger partial charge on any atom is -0.300 e. The first kappa shape index (κ1) is 8.47. The average molecular weight is 153 g/mol. The van der Waals surface area contributed by atoms with Crippen LogP contribution in [0.25, 0.3) is 0 Å². The van der Waals surface area contributed by atoms with Crippen molar-refractivity contribution in [1.29, 1.82) is 0 Å². The summed E-state index contributed by atoms with van der Waals surface area (Å²) >= 11 is 0. The molecule has 0 radical (unpaired) electrons. The number of likely N-dealkylation sites (tertiary alicyclic amines) is 1. The SMILES string of the molecule is C=CCN1CCC(=O)CC1C. The highest BCUT2D eigenvalue weighted by molar-refractivity contribution is 5.79. The number of Topliss-reactive ketones (excluding diaryl/α,β-unsaturated/α-hetero) is 1. The topological polar surface area (TPSA) is 20.3 Å². The van der Waals surface area contributed by atoms with Crippen LogP contribution >= 0.6 is 0 Å². The molecule has 0 saturated carbocycles. The maximum Gasteiger partial charge on any atom is 0.135 e. The van der Waals surface area contributed by atoms with Crippen LogP contribution in [-0.4, -0.2) is 29.8 Å². The van der Waals surface area contributed by atoms with Gasteiger partial charge in [0.25, 0.3) is 0 Å². The number of ketones is 1. The summed E-state index contributed by atoms with van der Waals surface area (Å²) in [5.74, 6) is 0.401. The van der Waals surface area contributed by atoms with E-state index in [4.69, 9.17) is 0 Å². The molecule has 0 amide bonds. The zero-order chi connectivity index (χ0) is 8.27. The van der Waals surface area contributed by atoms with Gasteiger partial charge in [-0.05, 0) is 6.92 Å². The van der Waals surface area contributed by atoms with Crippen molar-refractivity contribution in [2.75, 3.05) is 13.1 Å². The van der Waals surface area contributed by atoms with E-state index < -0.39 is 0 Å². The molecule has 0 aromatic heterocycles. The van der Waals surface area contributed by atoms with Gasteiger partial charge < -0.3 is 0 Å². The van der Waals surface area contributed by atoms with Crippen LogP contribution in [-0.2, 0) is 4.79 Å². The highest BCUT2D eigenvalue weighted by atomic mass is 16.1. The van der Waals surface area contributed by atoms with E-state index >= 15 is 0 Å². The molecule has 1 aliphatic heterocycles. The van der Waals surface area contributed by atoms with Crippen LogP contribution in [0.2, 0.25) is 0 Å². The van der Waals surface area contributed by atoms with E-state index in [0.29, 0.717) is 18.2 Å². The van der Waals surface area contributed by atoms with Gasteiger partial charge in [-0.15, -0.1) is 6.58 Å². The zero-order valence-electron chi connectivity index (χ0n) is 7.05. The van der Waals surface area contributed by atoms with Crippen molar-refractivity contribution in [3.05, 3.63) is 12.7 Å². The fraction of sp³-hybridized carbons (Fsp3) is 0.667. The number of carbonyl (C=O) groups excluding carboxylic acids is 1. The molecule has 1 aliphatic rings. The predicted octanol–water partition coefficient (Wildman–Crippen LogP) is 1.23. The van der Waals surface area contributed by atoms with Crippen LogP contribution in [0.15, 0.2) is 12.7 Å². The largest absolute Gasteiger partial charge is 0.300 e. The lowest BCUT2D eigenvalue weighted by Gasteiger charge is -2.31. The average Bonchev–Trinajstić information content (AvgIpc) is 1.95. The predicted molar refractivity (Wildman–Crippen MR) is 45.5 cm³/mol. The van der Waals surface area contributed by atoms with E-state index in [1.807, 2.05) is 6.08 Å². The van der Waals surface area contributed by atoms with Crippen LogP contribution in [0, 0.1) is 0 Å². The lowest BCUT2D eigenvalue weighted by molar-refractivity contribution is -0.122. The second-order valence-electron chi connectivity index (χ2n) is 3.13. The molecule has 0 aromatic rings. The lowest BCUT2D eigenvalue weighted by atomic mass is 10.0. The third kappa shape index (κ3) is 2.15. The molecule has 0 spiro atoms. The lowest BCUT2D eigenvalue weighted by Crippen LogP contribution is -2.40. The Balaban J connectivity index is 2.43. The highest BCUT2D eigenvalue weighted by Crippen LogP contribution is 2.12. The van der Waals surface area contributed by atoms with Crippen LogP contribution < -0.4 is 0 Å². The Morgan fingerprint density at radius 3 is 3.09 bits per heavy atom. The number of hydrogen-bond donors (Lipinski definition) is 0. The maximum atomic E-state index is 11.0. The molecular weight excluding hydrogens is 138 g/mol. The first-order chi connectivity index (χ1) is 5.24. The Morgan fingerprint density at radius 2 is 2.55 bits per heavy atom. The van der Waals surface area contributed by atoms with Crippen molar-refractivity contribution in [2.24, 2.45) is 0 Å². The van der Waals surface area contributed by atoms with Gasteiger partial charge in [-0.2, -0.15) is 0 Å². The molecule has 0 N–H and O–H groups in total. The van der Waals surface area contributed by atoms with Crippen molar-refractivity contribution in [2.45, 2.75) is 25.8 Å². The summed E-state index contributed by atoms with van der Waals surface area (Å²) in [5, 5.41) is 0. The molecule has 1 fully saturated rings. The van der Waals surface area contributed by atoms with Crippen molar-refractivity contribution in [3.63, 3.8) is 0 Å². The molecule has 1 heterocycles. The summed E-state index contributed by atoms with van der Waals surface area (Å²) in [6.07, 6.45) is 3.33. The van der Waals surface area contributed by atoms with Crippen LogP contribution in [0.5, 0.6) is 0 Å². The summed E-state index contributed by atoms with van der Waals surface area (Å²) < 4.78 is 0. The summed E-state index contributed by atoms with van der Waals surface area (Å²) in [6, 6.07) is 0.411. The van der Waals surface area contributed by atoms with E-state index in [1.54, 1.807) is 0 Å². The third-order valence-electron chi connectivity index (χ3n) is 2.19. The van der Waals surface area contributed by atoms with E-state index in [2.05, 4.69) is 18.4 Å². The van der Waals surface area contributed by atoms with Crippen molar-refractivity contribution >= 4 is 5.78 Å². The second-order valence-corrected chi connectivity index (χ2v) is 3.13. The zero-order valence-corrected chi connectivity index (χ0v) is 7.05. The summed E-state index contributed by atoms with van der Waals surface area (Å²) in [6.45, 7) is 7.60. The first-order valence-corrected chi connectivity index (χ1v) is 4.10. The molecule has 1 atom stereocenters. The highest BCUT2D eigenvalue weighted by Gasteiger charge is 2.21. The summed E-state index contributed by atoms with van der Waals surface area (Å²) in [7, 11) is 0. The number of hydrogen-bond acceptors (Lipinski definition) is 2. The van der Waals surface area contributed by atoms with Gasteiger partial charge in [0.05, 0.1) is 0 Å². The molecule has 1 saturated heterocycles. The maximum absolute atomic E-state index is 11.0. The Morgan fingerprint density at radius 1 is 1.82 bits per heavy atom. The van der Waals surface area contributed by atoms with Crippen molar-refractivity contribution in [1.82, 2.24) is 4.90 Å². The number of rotatable bonds is 2. The Labute approximate surface area is 67.9 Å².